The fourth-order valence-electron chi connectivity index (χ4n) is 1.30. The average molecular weight is 248 g/mol. The molecule has 1 rings (SSSR count). The van der Waals surface area contributed by atoms with E-state index in [-0.39, 0.29) is 5.60 Å². The van der Waals surface area contributed by atoms with Crippen LogP contribution in [0.1, 0.15) is 37.4 Å². The topological polar surface area (TPSA) is 22.1 Å². The molecule has 0 bridgehead atoms. The van der Waals surface area contributed by atoms with Gasteiger partial charge in [-0.2, -0.15) is 0 Å². The molecule has 0 fully saturated rings. The summed E-state index contributed by atoms with van der Waals surface area (Å²) in [5, 5.41) is 3.17. The van der Waals surface area contributed by atoms with Gasteiger partial charge in [-0.1, -0.05) is 6.92 Å². The van der Waals surface area contributed by atoms with Crippen molar-refractivity contribution in [2.45, 2.75) is 38.7 Å². The van der Waals surface area contributed by atoms with Gasteiger partial charge in [0.1, 0.15) is 10.6 Å². The first-order valence-corrected chi connectivity index (χ1v) is 6.63. The highest BCUT2D eigenvalue weighted by Gasteiger charge is 2.27. The molecule has 0 N–H and O–H groups in total. The van der Waals surface area contributed by atoms with Crippen LogP contribution in [0.15, 0.2) is 5.38 Å². The molecule has 86 valence electrons. The maximum Gasteiger partial charge on any atom is 0.125 e. The van der Waals surface area contributed by atoms with Crippen LogP contribution in [-0.4, -0.2) is 18.0 Å². The van der Waals surface area contributed by atoms with Crippen LogP contribution in [0.4, 0.5) is 0 Å². The molecule has 1 aromatic rings. The highest BCUT2D eigenvalue weighted by Crippen LogP contribution is 2.30. The van der Waals surface area contributed by atoms with Crippen molar-refractivity contribution < 1.29 is 4.74 Å². The molecule has 2 nitrogen and oxygen atoms in total. The van der Waals surface area contributed by atoms with Crippen LogP contribution in [0.2, 0.25) is 0 Å². The van der Waals surface area contributed by atoms with E-state index in [4.69, 9.17) is 16.3 Å². The predicted octanol–water partition coefficient (Wildman–Crippen LogP) is 3.59. The minimum atomic E-state index is -0.232. The molecule has 1 aromatic heterocycles. The number of hydrogen-bond donors (Lipinski definition) is 0. The summed E-state index contributed by atoms with van der Waals surface area (Å²) in [7, 11) is 1.74. The van der Waals surface area contributed by atoms with Gasteiger partial charge in [-0.15, -0.1) is 22.9 Å². The minimum absolute atomic E-state index is 0.232. The molecule has 0 saturated heterocycles. The van der Waals surface area contributed by atoms with Gasteiger partial charge in [0.05, 0.1) is 5.69 Å². The van der Waals surface area contributed by atoms with Gasteiger partial charge in [-0.25, -0.2) is 4.98 Å². The molecule has 0 aliphatic heterocycles. The summed E-state index contributed by atoms with van der Waals surface area (Å²) in [6, 6.07) is 0. The Hall–Kier alpha value is -0.120. The lowest BCUT2D eigenvalue weighted by Gasteiger charge is -2.23. The number of methoxy groups -OCH3 is 1. The summed E-state index contributed by atoms with van der Waals surface area (Å²) in [5.74, 6) is 0.697. The lowest BCUT2D eigenvalue weighted by molar-refractivity contribution is -0.00166. The Kier molecular flexibility index (Phi) is 5.03. The number of aromatic nitrogens is 1. The number of halogens is 1. The van der Waals surface area contributed by atoms with Gasteiger partial charge in [0.15, 0.2) is 0 Å². The molecule has 0 aliphatic rings. The third kappa shape index (κ3) is 3.16. The minimum Gasteiger partial charge on any atom is -0.371 e. The maximum atomic E-state index is 5.65. The van der Waals surface area contributed by atoms with E-state index < -0.39 is 0 Å². The van der Waals surface area contributed by atoms with Crippen LogP contribution in [0, 0.1) is 0 Å². The van der Waals surface area contributed by atoms with Crippen molar-refractivity contribution in [2.24, 2.45) is 0 Å². The quantitative estimate of drug-likeness (QED) is 0.717. The molecule has 1 heterocycles. The van der Waals surface area contributed by atoms with E-state index in [1.165, 1.54) is 0 Å². The molecule has 1 atom stereocenters. The number of rotatable bonds is 6. The predicted molar refractivity (Wildman–Crippen MR) is 65.8 cm³/mol. The smallest absolute Gasteiger partial charge is 0.125 e. The number of thiazole rings is 1. The summed E-state index contributed by atoms with van der Waals surface area (Å²) in [4.78, 5) is 4.60. The second kappa shape index (κ2) is 5.83. The van der Waals surface area contributed by atoms with Gasteiger partial charge < -0.3 is 4.74 Å². The van der Waals surface area contributed by atoms with Crippen molar-refractivity contribution in [2.75, 3.05) is 13.0 Å². The highest BCUT2D eigenvalue weighted by molar-refractivity contribution is 7.09. The second-order valence-corrected chi connectivity index (χ2v) is 4.96. The van der Waals surface area contributed by atoms with Crippen LogP contribution >= 0.6 is 22.9 Å². The zero-order valence-corrected chi connectivity index (χ0v) is 11.1. The standard InChI is InChI=1S/C11H18ClNOS/c1-4-11(2,14-3)10-13-9(8-15-10)6-5-7-12/h8H,4-7H2,1-3H3. The molecular weight excluding hydrogens is 230 g/mol. The Morgan fingerprint density at radius 2 is 2.33 bits per heavy atom. The SMILES string of the molecule is CCC(C)(OC)c1nc(CCCCl)cs1. The first kappa shape index (κ1) is 12.9. The monoisotopic (exact) mass is 247 g/mol. The Morgan fingerprint density at radius 1 is 1.60 bits per heavy atom. The normalized spacial score (nSPS) is 15.2. The highest BCUT2D eigenvalue weighted by atomic mass is 35.5. The molecule has 0 spiro atoms. The first-order valence-electron chi connectivity index (χ1n) is 5.22. The lowest BCUT2D eigenvalue weighted by Crippen LogP contribution is -2.22. The molecule has 0 saturated carbocycles. The zero-order valence-electron chi connectivity index (χ0n) is 9.55. The number of alkyl halides is 1. The average Bonchev–Trinajstić information content (AvgIpc) is 2.74. The van der Waals surface area contributed by atoms with Gasteiger partial charge in [0, 0.05) is 18.4 Å². The number of nitrogens with zero attached hydrogens (tertiary/aromatic N) is 1. The van der Waals surface area contributed by atoms with Gasteiger partial charge in [0.25, 0.3) is 0 Å². The van der Waals surface area contributed by atoms with Gasteiger partial charge >= 0.3 is 0 Å². The van der Waals surface area contributed by atoms with E-state index in [0.717, 1.165) is 30.0 Å². The Labute approximate surface area is 101 Å². The summed E-state index contributed by atoms with van der Waals surface area (Å²) in [5.41, 5.74) is 0.900. The molecule has 0 radical (unpaired) electrons. The van der Waals surface area contributed by atoms with Crippen molar-refractivity contribution in [3.8, 4) is 0 Å². The van der Waals surface area contributed by atoms with Crippen LogP contribution in [0.5, 0.6) is 0 Å². The maximum absolute atomic E-state index is 5.65. The van der Waals surface area contributed by atoms with Crippen molar-refractivity contribution in [3.05, 3.63) is 16.1 Å². The van der Waals surface area contributed by atoms with Crippen LogP contribution in [-0.2, 0) is 16.8 Å². The Balaban J connectivity index is 2.74. The Morgan fingerprint density at radius 3 is 2.87 bits per heavy atom. The molecule has 0 aromatic carbocycles. The number of ether oxygens (including phenoxy) is 1. The third-order valence-corrected chi connectivity index (χ3v) is 4.10. The van der Waals surface area contributed by atoms with Crippen molar-refractivity contribution in [1.29, 1.82) is 0 Å². The number of hydrogen-bond acceptors (Lipinski definition) is 3. The molecule has 15 heavy (non-hydrogen) atoms. The molecule has 0 amide bonds. The Bertz CT molecular complexity index is 297. The fraction of sp³-hybridized carbons (Fsp3) is 0.727. The molecule has 0 aliphatic carbocycles. The van der Waals surface area contributed by atoms with Crippen molar-refractivity contribution >= 4 is 22.9 Å². The van der Waals surface area contributed by atoms with E-state index in [9.17, 15) is 0 Å². The van der Waals surface area contributed by atoms with Crippen LogP contribution in [0.25, 0.3) is 0 Å². The first-order chi connectivity index (χ1) is 7.16. The van der Waals surface area contributed by atoms with Crippen molar-refractivity contribution in [3.63, 3.8) is 0 Å². The largest absolute Gasteiger partial charge is 0.371 e. The fourth-order valence-corrected chi connectivity index (χ4v) is 2.49. The van der Waals surface area contributed by atoms with E-state index in [1.54, 1.807) is 18.4 Å². The summed E-state index contributed by atoms with van der Waals surface area (Å²) in [6.45, 7) is 4.19. The van der Waals surface area contributed by atoms with Gasteiger partial charge in [0.2, 0.25) is 0 Å². The van der Waals surface area contributed by atoms with Crippen LogP contribution in [0.3, 0.4) is 0 Å². The summed E-state index contributed by atoms with van der Waals surface area (Å²) in [6.07, 6.45) is 2.88. The van der Waals surface area contributed by atoms with Gasteiger partial charge in [-0.3, -0.25) is 0 Å². The molecule has 4 heteroatoms. The zero-order chi connectivity index (χ0) is 11.3. The van der Waals surface area contributed by atoms with E-state index in [1.807, 2.05) is 0 Å². The second-order valence-electron chi connectivity index (χ2n) is 3.73. The van der Waals surface area contributed by atoms with Crippen molar-refractivity contribution in [1.82, 2.24) is 4.98 Å². The van der Waals surface area contributed by atoms with E-state index in [2.05, 4.69) is 24.2 Å². The van der Waals surface area contributed by atoms with E-state index >= 15 is 0 Å². The number of aryl methyl sites for hydroxylation is 1. The van der Waals surface area contributed by atoms with Gasteiger partial charge in [-0.05, 0) is 26.2 Å². The van der Waals surface area contributed by atoms with E-state index in [0.29, 0.717) is 5.88 Å². The summed E-state index contributed by atoms with van der Waals surface area (Å²) < 4.78 is 5.51. The molecular formula is C11H18ClNOS. The summed E-state index contributed by atoms with van der Waals surface area (Å²) >= 11 is 7.33. The molecule has 1 unspecified atom stereocenters. The third-order valence-electron chi connectivity index (χ3n) is 2.70. The van der Waals surface area contributed by atoms with Crippen LogP contribution < -0.4 is 0 Å². The lowest BCUT2D eigenvalue weighted by atomic mass is 10.1.